The topological polar surface area (TPSA) is 66.9 Å². The average molecular weight is 430 g/mol. The molecule has 3 rings (SSSR count). The van der Waals surface area contributed by atoms with Crippen molar-refractivity contribution < 1.29 is 4.79 Å². The maximum Gasteiger partial charge on any atom is 0.253 e. The first-order valence-electron chi connectivity index (χ1n) is 9.11. The summed E-state index contributed by atoms with van der Waals surface area (Å²) in [5.74, 6) is -0.190. The van der Waals surface area contributed by atoms with Crippen LogP contribution in [0.5, 0.6) is 0 Å². The zero-order chi connectivity index (χ0) is 19.7. The number of aromatic nitrogens is 2. The molecule has 0 aliphatic carbocycles. The number of fused-ring (bicyclic) bond motifs is 1. The Kier molecular flexibility index (Phi) is 5.56. The second kappa shape index (κ2) is 7.72. The minimum atomic E-state index is -0.190. The fourth-order valence-corrected chi connectivity index (χ4v) is 3.87. The summed E-state index contributed by atoms with van der Waals surface area (Å²) in [5.41, 5.74) is 3.87. The molecule has 0 aliphatic rings. The Morgan fingerprint density at radius 3 is 2.70 bits per heavy atom. The lowest BCUT2D eigenvalue weighted by molar-refractivity contribution is 0.0952. The van der Waals surface area contributed by atoms with Crippen LogP contribution < -0.4 is 10.9 Å². The number of carbonyl (C=O) groups is 1. The molecule has 142 valence electrons. The van der Waals surface area contributed by atoms with Crippen LogP contribution in [-0.4, -0.2) is 15.5 Å². The molecule has 2 aromatic heterocycles. The predicted octanol–water partition coefficient (Wildman–Crippen LogP) is 4.47. The number of halogens is 1. The molecule has 0 saturated heterocycles. The number of H-pyrrole nitrogens is 1. The second-order valence-corrected chi connectivity index (χ2v) is 7.94. The largest absolute Gasteiger partial charge is 0.348 e. The van der Waals surface area contributed by atoms with Gasteiger partial charge in [0, 0.05) is 45.5 Å². The van der Waals surface area contributed by atoms with Crippen LogP contribution in [0.2, 0.25) is 0 Å². The molecule has 1 amide bonds. The Morgan fingerprint density at radius 1 is 1.30 bits per heavy atom. The number of rotatable bonds is 5. The van der Waals surface area contributed by atoms with Crippen molar-refractivity contribution in [1.29, 1.82) is 0 Å². The van der Waals surface area contributed by atoms with E-state index in [9.17, 15) is 9.59 Å². The molecule has 0 unspecified atom stereocenters. The van der Waals surface area contributed by atoms with E-state index in [1.165, 1.54) is 0 Å². The third kappa shape index (κ3) is 3.86. The van der Waals surface area contributed by atoms with Crippen LogP contribution in [0.25, 0.3) is 10.9 Å². The van der Waals surface area contributed by atoms with E-state index in [0.29, 0.717) is 17.2 Å². The van der Waals surface area contributed by atoms with Gasteiger partial charge in [-0.15, -0.1) is 0 Å². The molecule has 0 aliphatic heterocycles. The average Bonchev–Trinajstić information content (AvgIpc) is 3.03. The van der Waals surface area contributed by atoms with Crippen LogP contribution in [0, 0.1) is 6.92 Å². The van der Waals surface area contributed by atoms with E-state index in [1.54, 1.807) is 0 Å². The Hall–Kier alpha value is -2.34. The van der Waals surface area contributed by atoms with Gasteiger partial charge in [0.05, 0.1) is 5.52 Å². The van der Waals surface area contributed by atoms with Crippen molar-refractivity contribution in [3.63, 3.8) is 0 Å². The van der Waals surface area contributed by atoms with Gasteiger partial charge in [-0.1, -0.05) is 22.9 Å². The Bertz CT molecular complexity index is 1060. The van der Waals surface area contributed by atoms with Crippen molar-refractivity contribution in [3.8, 4) is 0 Å². The number of aromatic amines is 1. The molecule has 5 nitrogen and oxygen atoms in total. The first kappa shape index (κ1) is 19.4. The Labute approximate surface area is 166 Å². The lowest BCUT2D eigenvalue weighted by Crippen LogP contribution is -2.28. The van der Waals surface area contributed by atoms with Gasteiger partial charge in [0.2, 0.25) is 0 Å². The molecule has 0 saturated carbocycles. The van der Waals surface area contributed by atoms with E-state index in [2.05, 4.69) is 44.6 Å². The third-order valence-corrected chi connectivity index (χ3v) is 5.23. The molecule has 0 atom stereocenters. The summed E-state index contributed by atoms with van der Waals surface area (Å²) in [7, 11) is 0. The standard InChI is InChI=1S/C21H24BrN3O2/c1-5-14-8-13(4)24-21(27)18(14)11-23-20(26)17-9-15(22)10-19-16(17)6-7-25(19)12(2)3/h6-10,12H,5,11H2,1-4H3,(H,23,26)(H,24,27). The quantitative estimate of drug-likeness (QED) is 0.627. The van der Waals surface area contributed by atoms with E-state index in [0.717, 1.165) is 33.1 Å². The summed E-state index contributed by atoms with van der Waals surface area (Å²) in [6.07, 6.45) is 2.74. The summed E-state index contributed by atoms with van der Waals surface area (Å²) in [6, 6.07) is 8.07. The minimum absolute atomic E-state index is 0.141. The van der Waals surface area contributed by atoms with Crippen molar-refractivity contribution >= 4 is 32.7 Å². The van der Waals surface area contributed by atoms with Crippen LogP contribution >= 0.6 is 15.9 Å². The number of nitrogens with one attached hydrogen (secondary N) is 2. The summed E-state index contributed by atoms with van der Waals surface area (Å²) in [6.45, 7) is 8.29. The molecule has 0 spiro atoms. The number of nitrogens with zero attached hydrogens (tertiary/aromatic N) is 1. The van der Waals surface area contributed by atoms with Crippen molar-refractivity contribution in [3.05, 3.63) is 67.7 Å². The Morgan fingerprint density at radius 2 is 2.04 bits per heavy atom. The molecular weight excluding hydrogens is 406 g/mol. The highest BCUT2D eigenvalue weighted by Crippen LogP contribution is 2.27. The van der Waals surface area contributed by atoms with Gasteiger partial charge in [-0.2, -0.15) is 0 Å². The molecule has 2 N–H and O–H groups in total. The lowest BCUT2D eigenvalue weighted by Gasteiger charge is -2.12. The maximum atomic E-state index is 12.9. The van der Waals surface area contributed by atoms with Gasteiger partial charge in [0.25, 0.3) is 11.5 Å². The highest BCUT2D eigenvalue weighted by molar-refractivity contribution is 9.10. The molecule has 0 bridgehead atoms. The number of amides is 1. The third-order valence-electron chi connectivity index (χ3n) is 4.77. The van der Waals surface area contributed by atoms with E-state index in [1.807, 2.05) is 44.3 Å². The van der Waals surface area contributed by atoms with Gasteiger partial charge in [-0.3, -0.25) is 9.59 Å². The molecule has 0 radical (unpaired) electrons. The monoisotopic (exact) mass is 429 g/mol. The number of aryl methyl sites for hydroxylation is 2. The zero-order valence-electron chi connectivity index (χ0n) is 16.0. The normalized spacial score (nSPS) is 11.3. The number of hydrogen-bond donors (Lipinski definition) is 2. The number of benzene rings is 1. The van der Waals surface area contributed by atoms with Gasteiger partial charge in [0.1, 0.15) is 0 Å². The summed E-state index contributed by atoms with van der Waals surface area (Å²) in [5, 5.41) is 3.82. The maximum absolute atomic E-state index is 12.9. The van der Waals surface area contributed by atoms with Crippen LogP contribution in [0.1, 0.15) is 54.0 Å². The predicted molar refractivity (Wildman–Crippen MR) is 112 cm³/mol. The van der Waals surface area contributed by atoms with Crippen LogP contribution in [0.15, 0.2) is 39.7 Å². The van der Waals surface area contributed by atoms with Gasteiger partial charge in [-0.05, 0) is 57.0 Å². The summed E-state index contributed by atoms with van der Waals surface area (Å²) >= 11 is 3.51. The highest BCUT2D eigenvalue weighted by atomic mass is 79.9. The van der Waals surface area contributed by atoms with E-state index in [-0.39, 0.29) is 18.0 Å². The van der Waals surface area contributed by atoms with Crippen LogP contribution in [0.4, 0.5) is 0 Å². The molecule has 3 aromatic rings. The zero-order valence-corrected chi connectivity index (χ0v) is 17.6. The number of pyridine rings is 1. The molecule has 27 heavy (non-hydrogen) atoms. The van der Waals surface area contributed by atoms with E-state index in [4.69, 9.17) is 0 Å². The van der Waals surface area contributed by atoms with Gasteiger partial charge >= 0.3 is 0 Å². The van der Waals surface area contributed by atoms with Crippen LogP contribution in [0.3, 0.4) is 0 Å². The molecule has 0 fully saturated rings. The SMILES string of the molecule is CCc1cc(C)[nH]c(=O)c1CNC(=O)c1cc(Br)cc2c1ccn2C(C)C. The van der Waals surface area contributed by atoms with Crippen molar-refractivity contribution in [1.82, 2.24) is 14.9 Å². The lowest BCUT2D eigenvalue weighted by atomic mass is 10.1. The molecule has 1 aromatic carbocycles. The van der Waals surface area contributed by atoms with Gasteiger partial charge in [0.15, 0.2) is 0 Å². The van der Waals surface area contributed by atoms with Gasteiger partial charge in [-0.25, -0.2) is 0 Å². The fraction of sp³-hybridized carbons (Fsp3) is 0.333. The minimum Gasteiger partial charge on any atom is -0.348 e. The summed E-state index contributed by atoms with van der Waals surface area (Å²) in [4.78, 5) is 28.0. The molecule has 2 heterocycles. The number of hydrogen-bond acceptors (Lipinski definition) is 2. The number of carbonyl (C=O) groups excluding carboxylic acids is 1. The van der Waals surface area contributed by atoms with E-state index < -0.39 is 0 Å². The van der Waals surface area contributed by atoms with Crippen molar-refractivity contribution in [2.24, 2.45) is 0 Å². The Balaban J connectivity index is 1.93. The smallest absolute Gasteiger partial charge is 0.253 e. The fourth-order valence-electron chi connectivity index (χ4n) is 3.42. The molecule has 6 heteroatoms. The first-order valence-corrected chi connectivity index (χ1v) is 9.91. The van der Waals surface area contributed by atoms with Crippen molar-refractivity contribution in [2.45, 2.75) is 46.7 Å². The second-order valence-electron chi connectivity index (χ2n) is 7.02. The van der Waals surface area contributed by atoms with Crippen LogP contribution in [-0.2, 0) is 13.0 Å². The first-order chi connectivity index (χ1) is 12.8. The molecular formula is C21H24BrN3O2. The van der Waals surface area contributed by atoms with Crippen molar-refractivity contribution in [2.75, 3.05) is 0 Å². The highest BCUT2D eigenvalue weighted by Gasteiger charge is 2.16. The van der Waals surface area contributed by atoms with Gasteiger partial charge < -0.3 is 14.9 Å². The van der Waals surface area contributed by atoms with E-state index >= 15 is 0 Å². The summed E-state index contributed by atoms with van der Waals surface area (Å²) < 4.78 is 2.99.